The molecule has 0 aliphatic carbocycles. The molecule has 2 heterocycles. The molecule has 6 nitrogen and oxygen atoms in total. The van der Waals surface area contributed by atoms with E-state index in [0.29, 0.717) is 39.5 Å². The van der Waals surface area contributed by atoms with Crippen molar-refractivity contribution in [3.63, 3.8) is 0 Å². The summed E-state index contributed by atoms with van der Waals surface area (Å²) in [5, 5.41) is 0. The number of hydrogen-bond acceptors (Lipinski definition) is 4. The third-order valence-corrected chi connectivity index (χ3v) is 4.26. The van der Waals surface area contributed by atoms with Crippen LogP contribution in [0.1, 0.15) is 13.3 Å². The zero-order chi connectivity index (χ0) is 16.2. The molecule has 0 saturated carbocycles. The first-order valence-electron chi connectivity index (χ1n) is 8.09. The van der Waals surface area contributed by atoms with Crippen LogP contribution >= 0.6 is 0 Å². The van der Waals surface area contributed by atoms with E-state index in [1.807, 2.05) is 36.1 Å². The predicted molar refractivity (Wildman–Crippen MR) is 85.5 cm³/mol. The standard InChI is InChI=1S/C17H22N2O4/c1-2-23-15-5-3-14(4-6-15)19-12-13(11-16(19)20)17(21)18-7-9-22-10-8-18/h3-6,13H,2,7-12H2,1H3. The molecule has 2 aliphatic heterocycles. The highest BCUT2D eigenvalue weighted by molar-refractivity contribution is 6.00. The lowest BCUT2D eigenvalue weighted by Gasteiger charge is -2.29. The topological polar surface area (TPSA) is 59.1 Å². The van der Waals surface area contributed by atoms with Crippen LogP contribution in [0.15, 0.2) is 24.3 Å². The molecule has 0 radical (unpaired) electrons. The minimum Gasteiger partial charge on any atom is -0.494 e. The summed E-state index contributed by atoms with van der Waals surface area (Å²) in [5.41, 5.74) is 0.815. The van der Waals surface area contributed by atoms with Gasteiger partial charge in [0.2, 0.25) is 11.8 Å². The molecule has 2 fully saturated rings. The third kappa shape index (κ3) is 3.47. The van der Waals surface area contributed by atoms with E-state index in [1.54, 1.807) is 4.90 Å². The van der Waals surface area contributed by atoms with Gasteiger partial charge in [0.15, 0.2) is 0 Å². The summed E-state index contributed by atoms with van der Waals surface area (Å²) in [6, 6.07) is 7.43. The Morgan fingerprint density at radius 1 is 1.26 bits per heavy atom. The van der Waals surface area contributed by atoms with Gasteiger partial charge in [-0.05, 0) is 31.2 Å². The summed E-state index contributed by atoms with van der Waals surface area (Å²) in [4.78, 5) is 28.3. The second-order valence-electron chi connectivity index (χ2n) is 5.77. The van der Waals surface area contributed by atoms with Gasteiger partial charge in [-0.1, -0.05) is 0 Å². The van der Waals surface area contributed by atoms with Gasteiger partial charge in [-0.15, -0.1) is 0 Å². The number of carbonyl (C=O) groups is 2. The number of hydrogen-bond donors (Lipinski definition) is 0. The van der Waals surface area contributed by atoms with Gasteiger partial charge in [0.1, 0.15) is 5.75 Å². The number of carbonyl (C=O) groups excluding carboxylic acids is 2. The smallest absolute Gasteiger partial charge is 0.228 e. The number of ether oxygens (including phenoxy) is 2. The minimum absolute atomic E-state index is 0.000712. The van der Waals surface area contributed by atoms with Crippen LogP contribution in [0, 0.1) is 5.92 Å². The molecule has 0 aromatic heterocycles. The number of anilines is 1. The molecule has 23 heavy (non-hydrogen) atoms. The lowest BCUT2D eigenvalue weighted by Crippen LogP contribution is -2.44. The summed E-state index contributed by atoms with van der Waals surface area (Å²) in [6.07, 6.45) is 0.281. The number of rotatable bonds is 4. The van der Waals surface area contributed by atoms with Crippen LogP contribution < -0.4 is 9.64 Å². The van der Waals surface area contributed by atoms with Gasteiger partial charge >= 0.3 is 0 Å². The third-order valence-electron chi connectivity index (χ3n) is 4.26. The molecule has 0 N–H and O–H groups in total. The van der Waals surface area contributed by atoms with Crippen LogP contribution in [-0.4, -0.2) is 56.2 Å². The highest BCUT2D eigenvalue weighted by atomic mass is 16.5. The molecule has 2 saturated heterocycles. The van der Waals surface area contributed by atoms with Crippen molar-refractivity contribution < 1.29 is 19.1 Å². The van der Waals surface area contributed by atoms with Crippen molar-refractivity contribution in [3.05, 3.63) is 24.3 Å². The zero-order valence-electron chi connectivity index (χ0n) is 13.4. The molecule has 1 aromatic rings. The Balaban J connectivity index is 1.65. The van der Waals surface area contributed by atoms with E-state index in [0.717, 1.165) is 11.4 Å². The fraction of sp³-hybridized carbons (Fsp3) is 0.529. The monoisotopic (exact) mass is 318 g/mol. The largest absolute Gasteiger partial charge is 0.494 e. The van der Waals surface area contributed by atoms with E-state index < -0.39 is 0 Å². The van der Waals surface area contributed by atoms with Crippen molar-refractivity contribution in [1.29, 1.82) is 0 Å². The Labute approximate surface area is 136 Å². The maximum absolute atomic E-state index is 12.5. The summed E-state index contributed by atoms with van der Waals surface area (Å²) in [5.74, 6) is 0.590. The fourth-order valence-electron chi connectivity index (χ4n) is 3.05. The lowest BCUT2D eigenvalue weighted by molar-refractivity contribution is -0.139. The molecule has 1 unspecified atom stereocenters. The van der Waals surface area contributed by atoms with Crippen molar-refractivity contribution >= 4 is 17.5 Å². The van der Waals surface area contributed by atoms with E-state index in [4.69, 9.17) is 9.47 Å². The molecule has 0 spiro atoms. The van der Waals surface area contributed by atoms with Gasteiger partial charge in [0.05, 0.1) is 25.7 Å². The maximum atomic E-state index is 12.5. The van der Waals surface area contributed by atoms with Gasteiger partial charge in [-0.2, -0.15) is 0 Å². The van der Waals surface area contributed by atoms with Crippen molar-refractivity contribution in [1.82, 2.24) is 4.90 Å². The summed E-state index contributed by atoms with van der Waals surface area (Å²) in [6.45, 7) is 5.38. The SMILES string of the molecule is CCOc1ccc(N2CC(C(=O)N3CCOCC3)CC2=O)cc1. The first kappa shape index (κ1) is 15.8. The molecular weight excluding hydrogens is 296 g/mol. The minimum atomic E-state index is -0.257. The second-order valence-corrected chi connectivity index (χ2v) is 5.77. The van der Waals surface area contributed by atoms with E-state index in [1.165, 1.54) is 0 Å². The fourth-order valence-corrected chi connectivity index (χ4v) is 3.05. The van der Waals surface area contributed by atoms with Crippen LogP contribution in [0.4, 0.5) is 5.69 Å². The van der Waals surface area contributed by atoms with Crippen molar-refractivity contribution in [2.75, 3.05) is 44.4 Å². The van der Waals surface area contributed by atoms with Crippen LogP contribution in [-0.2, 0) is 14.3 Å². The lowest BCUT2D eigenvalue weighted by atomic mass is 10.1. The van der Waals surface area contributed by atoms with Crippen molar-refractivity contribution in [2.45, 2.75) is 13.3 Å². The Bertz CT molecular complexity index is 566. The molecule has 6 heteroatoms. The molecular formula is C17H22N2O4. The zero-order valence-corrected chi connectivity index (χ0v) is 13.4. The first-order valence-corrected chi connectivity index (χ1v) is 8.09. The number of nitrogens with zero attached hydrogens (tertiary/aromatic N) is 2. The molecule has 3 rings (SSSR count). The normalized spacial score (nSPS) is 21.6. The Morgan fingerprint density at radius 3 is 2.61 bits per heavy atom. The average molecular weight is 318 g/mol. The van der Waals surface area contributed by atoms with Crippen LogP contribution in [0.2, 0.25) is 0 Å². The quantitative estimate of drug-likeness (QED) is 0.839. The highest BCUT2D eigenvalue weighted by Gasteiger charge is 2.37. The molecule has 1 atom stereocenters. The van der Waals surface area contributed by atoms with Crippen LogP contribution in [0.5, 0.6) is 5.75 Å². The second kappa shape index (κ2) is 7.00. The number of morpholine rings is 1. The van der Waals surface area contributed by atoms with Gasteiger partial charge in [0.25, 0.3) is 0 Å². The van der Waals surface area contributed by atoms with Gasteiger partial charge < -0.3 is 19.3 Å². The Hall–Kier alpha value is -2.08. The number of benzene rings is 1. The molecule has 2 amide bonds. The van der Waals surface area contributed by atoms with Crippen LogP contribution in [0.25, 0.3) is 0 Å². The Kier molecular flexibility index (Phi) is 4.81. The average Bonchev–Trinajstić information content (AvgIpc) is 2.98. The van der Waals surface area contributed by atoms with Gasteiger partial charge in [-0.25, -0.2) is 0 Å². The summed E-state index contributed by atoms with van der Waals surface area (Å²) >= 11 is 0. The highest BCUT2D eigenvalue weighted by Crippen LogP contribution is 2.28. The molecule has 2 aliphatic rings. The maximum Gasteiger partial charge on any atom is 0.228 e. The van der Waals surface area contributed by atoms with Crippen LogP contribution in [0.3, 0.4) is 0 Å². The molecule has 124 valence electrons. The predicted octanol–water partition coefficient (Wildman–Crippen LogP) is 1.30. The van der Waals surface area contributed by atoms with E-state index in [9.17, 15) is 9.59 Å². The molecule has 1 aromatic carbocycles. The summed E-state index contributed by atoms with van der Waals surface area (Å²) in [7, 11) is 0. The van der Waals surface area contributed by atoms with Crippen molar-refractivity contribution in [2.24, 2.45) is 5.92 Å². The number of amides is 2. The van der Waals surface area contributed by atoms with Gasteiger partial charge in [0, 0.05) is 31.7 Å². The van der Waals surface area contributed by atoms with E-state index >= 15 is 0 Å². The summed E-state index contributed by atoms with van der Waals surface area (Å²) < 4.78 is 10.7. The van der Waals surface area contributed by atoms with E-state index in [-0.39, 0.29) is 24.2 Å². The van der Waals surface area contributed by atoms with Crippen molar-refractivity contribution in [3.8, 4) is 5.75 Å². The Morgan fingerprint density at radius 2 is 1.96 bits per heavy atom. The molecule has 0 bridgehead atoms. The first-order chi connectivity index (χ1) is 11.2. The van der Waals surface area contributed by atoms with E-state index in [2.05, 4.69) is 0 Å². The van der Waals surface area contributed by atoms with Gasteiger partial charge in [-0.3, -0.25) is 9.59 Å².